The third-order valence-corrected chi connectivity index (χ3v) is 5.68. The van der Waals surface area contributed by atoms with Crippen LogP contribution in [0.3, 0.4) is 0 Å². The topological polar surface area (TPSA) is 61.4 Å². The second-order valence-corrected chi connectivity index (χ2v) is 7.59. The molecular formula is C17H23N3O2S. The summed E-state index contributed by atoms with van der Waals surface area (Å²) in [6.07, 6.45) is 2.13. The first kappa shape index (κ1) is 16.3. The van der Waals surface area contributed by atoms with Gasteiger partial charge in [-0.05, 0) is 43.5 Å². The fourth-order valence-corrected chi connectivity index (χ4v) is 3.98. The maximum absolute atomic E-state index is 12.3. The average Bonchev–Trinajstić information content (AvgIpc) is 2.56. The summed E-state index contributed by atoms with van der Waals surface area (Å²) in [4.78, 5) is 27.2. The minimum Gasteiger partial charge on any atom is -0.354 e. The van der Waals surface area contributed by atoms with Crippen LogP contribution in [0, 0.1) is 5.41 Å². The van der Waals surface area contributed by atoms with E-state index < -0.39 is 0 Å². The molecule has 0 bridgehead atoms. The van der Waals surface area contributed by atoms with E-state index in [4.69, 9.17) is 0 Å². The fraction of sp³-hybridized carbons (Fsp3) is 0.529. The zero-order chi connectivity index (χ0) is 16.3. The van der Waals surface area contributed by atoms with E-state index in [2.05, 4.69) is 17.6 Å². The Balaban J connectivity index is 1.60. The molecule has 1 aromatic carbocycles. The molecule has 0 aliphatic carbocycles. The first-order valence-corrected chi connectivity index (χ1v) is 9.06. The van der Waals surface area contributed by atoms with Crippen LogP contribution in [-0.4, -0.2) is 43.7 Å². The molecule has 2 N–H and O–H groups in total. The van der Waals surface area contributed by atoms with Crippen LogP contribution in [0.2, 0.25) is 0 Å². The van der Waals surface area contributed by atoms with Gasteiger partial charge >= 0.3 is 0 Å². The van der Waals surface area contributed by atoms with Gasteiger partial charge < -0.3 is 15.5 Å². The monoisotopic (exact) mass is 333 g/mol. The van der Waals surface area contributed by atoms with E-state index >= 15 is 0 Å². The summed E-state index contributed by atoms with van der Waals surface area (Å²) < 4.78 is 0. The Bertz CT molecular complexity index is 599. The second kappa shape index (κ2) is 6.93. The molecule has 2 amide bonds. The number of thioether (sulfide) groups is 1. The highest BCUT2D eigenvalue weighted by atomic mass is 32.2. The lowest BCUT2D eigenvalue weighted by atomic mass is 9.81. The SMILES string of the molecule is CC1(CNC(=O)CN2C(=O)CSc3ccccc32)CCNCC1. The minimum absolute atomic E-state index is 0.00284. The van der Waals surface area contributed by atoms with Crippen LogP contribution in [0.15, 0.2) is 29.2 Å². The molecule has 0 unspecified atom stereocenters. The number of hydrogen-bond donors (Lipinski definition) is 2. The zero-order valence-electron chi connectivity index (χ0n) is 13.4. The van der Waals surface area contributed by atoms with Crippen LogP contribution in [-0.2, 0) is 9.59 Å². The molecule has 5 nitrogen and oxygen atoms in total. The van der Waals surface area contributed by atoms with Gasteiger partial charge in [0.15, 0.2) is 0 Å². The van der Waals surface area contributed by atoms with Crippen molar-refractivity contribution in [2.45, 2.75) is 24.7 Å². The van der Waals surface area contributed by atoms with Crippen molar-refractivity contribution >= 4 is 29.3 Å². The molecule has 0 spiro atoms. The number of fused-ring (bicyclic) bond motifs is 1. The molecule has 0 radical (unpaired) electrons. The lowest BCUT2D eigenvalue weighted by Crippen LogP contribution is -2.47. The van der Waals surface area contributed by atoms with Crippen LogP contribution in [0.25, 0.3) is 0 Å². The minimum atomic E-state index is -0.0835. The third kappa shape index (κ3) is 3.87. The van der Waals surface area contributed by atoms with Gasteiger partial charge in [-0.25, -0.2) is 0 Å². The lowest BCUT2D eigenvalue weighted by Gasteiger charge is -2.34. The van der Waals surface area contributed by atoms with E-state index in [1.807, 2.05) is 24.3 Å². The van der Waals surface area contributed by atoms with Crippen LogP contribution in [0.1, 0.15) is 19.8 Å². The van der Waals surface area contributed by atoms with Gasteiger partial charge in [0.2, 0.25) is 11.8 Å². The summed E-state index contributed by atoms with van der Waals surface area (Å²) in [5.74, 6) is 0.310. The van der Waals surface area contributed by atoms with E-state index in [0.29, 0.717) is 12.3 Å². The molecule has 1 aromatic rings. The van der Waals surface area contributed by atoms with Gasteiger partial charge in [0, 0.05) is 11.4 Å². The maximum Gasteiger partial charge on any atom is 0.240 e. The highest BCUT2D eigenvalue weighted by Gasteiger charge is 2.29. The van der Waals surface area contributed by atoms with E-state index in [1.165, 1.54) is 11.8 Å². The summed E-state index contributed by atoms with van der Waals surface area (Å²) in [5, 5.41) is 6.37. The number of rotatable bonds is 4. The Morgan fingerprint density at radius 1 is 1.35 bits per heavy atom. The highest BCUT2D eigenvalue weighted by Crippen LogP contribution is 2.34. The molecule has 2 aliphatic rings. The molecule has 0 aromatic heterocycles. The van der Waals surface area contributed by atoms with Crippen molar-refractivity contribution in [2.75, 3.05) is 36.8 Å². The van der Waals surface area contributed by atoms with Crippen molar-refractivity contribution in [1.82, 2.24) is 10.6 Å². The summed E-state index contributed by atoms with van der Waals surface area (Å²) in [7, 11) is 0. The number of para-hydroxylation sites is 1. The summed E-state index contributed by atoms with van der Waals surface area (Å²) in [6.45, 7) is 4.99. The first-order valence-electron chi connectivity index (χ1n) is 8.07. The van der Waals surface area contributed by atoms with Gasteiger partial charge in [0.1, 0.15) is 6.54 Å². The Morgan fingerprint density at radius 3 is 2.87 bits per heavy atom. The zero-order valence-corrected chi connectivity index (χ0v) is 14.2. The van der Waals surface area contributed by atoms with Crippen molar-refractivity contribution in [3.8, 4) is 0 Å². The smallest absolute Gasteiger partial charge is 0.240 e. The maximum atomic E-state index is 12.3. The Morgan fingerprint density at radius 2 is 2.09 bits per heavy atom. The van der Waals surface area contributed by atoms with Crippen LogP contribution in [0.4, 0.5) is 5.69 Å². The van der Waals surface area contributed by atoms with Crippen LogP contribution < -0.4 is 15.5 Å². The van der Waals surface area contributed by atoms with Crippen molar-refractivity contribution in [3.63, 3.8) is 0 Å². The normalized spacial score (nSPS) is 20.0. The van der Waals surface area contributed by atoms with E-state index in [1.54, 1.807) is 4.90 Å². The molecule has 6 heteroatoms. The fourth-order valence-electron chi connectivity index (χ4n) is 3.05. The molecule has 23 heavy (non-hydrogen) atoms. The van der Waals surface area contributed by atoms with Gasteiger partial charge in [-0.3, -0.25) is 9.59 Å². The van der Waals surface area contributed by atoms with E-state index in [-0.39, 0.29) is 23.8 Å². The third-order valence-electron chi connectivity index (χ3n) is 4.63. The summed E-state index contributed by atoms with van der Waals surface area (Å²) >= 11 is 1.53. The largest absolute Gasteiger partial charge is 0.354 e. The number of carbonyl (C=O) groups excluding carboxylic acids is 2. The number of benzene rings is 1. The standard InChI is InChI=1S/C17H23N3O2S/c1-17(6-8-18-9-7-17)12-19-15(21)10-20-13-4-2-3-5-14(13)23-11-16(20)22/h2-5,18H,6-12H2,1H3,(H,19,21). The molecule has 1 fully saturated rings. The predicted molar refractivity (Wildman–Crippen MR) is 92.7 cm³/mol. The number of amides is 2. The Kier molecular flexibility index (Phi) is 4.92. The van der Waals surface area contributed by atoms with Crippen molar-refractivity contribution in [3.05, 3.63) is 24.3 Å². The van der Waals surface area contributed by atoms with Gasteiger partial charge in [0.25, 0.3) is 0 Å². The van der Waals surface area contributed by atoms with Gasteiger partial charge in [-0.1, -0.05) is 19.1 Å². The number of piperidine rings is 1. The molecule has 2 heterocycles. The Labute approximate surface area is 141 Å². The van der Waals surface area contributed by atoms with Gasteiger partial charge in [0.05, 0.1) is 11.4 Å². The van der Waals surface area contributed by atoms with Crippen molar-refractivity contribution in [1.29, 1.82) is 0 Å². The van der Waals surface area contributed by atoms with Crippen molar-refractivity contribution in [2.24, 2.45) is 5.41 Å². The Hall–Kier alpha value is -1.53. The predicted octanol–water partition coefficient (Wildman–Crippen LogP) is 1.63. The molecular weight excluding hydrogens is 310 g/mol. The van der Waals surface area contributed by atoms with Gasteiger partial charge in [-0.2, -0.15) is 0 Å². The lowest BCUT2D eigenvalue weighted by molar-refractivity contribution is -0.123. The number of nitrogens with zero attached hydrogens (tertiary/aromatic N) is 1. The molecule has 0 saturated carbocycles. The van der Waals surface area contributed by atoms with E-state index in [9.17, 15) is 9.59 Å². The molecule has 2 aliphatic heterocycles. The highest BCUT2D eigenvalue weighted by molar-refractivity contribution is 8.00. The summed E-state index contributed by atoms with van der Waals surface area (Å²) in [6, 6.07) is 7.75. The molecule has 3 rings (SSSR count). The quantitative estimate of drug-likeness (QED) is 0.879. The molecule has 0 atom stereocenters. The summed E-state index contributed by atoms with van der Waals surface area (Å²) in [5.41, 5.74) is 0.998. The number of carbonyl (C=O) groups is 2. The molecule has 124 valence electrons. The molecule has 1 saturated heterocycles. The van der Waals surface area contributed by atoms with E-state index in [0.717, 1.165) is 36.5 Å². The van der Waals surface area contributed by atoms with Crippen molar-refractivity contribution < 1.29 is 9.59 Å². The average molecular weight is 333 g/mol. The van der Waals surface area contributed by atoms with Crippen LogP contribution in [0.5, 0.6) is 0 Å². The second-order valence-electron chi connectivity index (χ2n) is 6.57. The number of anilines is 1. The number of hydrogen-bond acceptors (Lipinski definition) is 4. The van der Waals surface area contributed by atoms with Gasteiger partial charge in [-0.15, -0.1) is 11.8 Å². The first-order chi connectivity index (χ1) is 11.1. The number of nitrogens with one attached hydrogen (secondary N) is 2. The van der Waals surface area contributed by atoms with Crippen LogP contribution >= 0.6 is 11.8 Å².